The summed E-state index contributed by atoms with van der Waals surface area (Å²) >= 11 is 0. The van der Waals surface area contributed by atoms with Gasteiger partial charge in [-0.15, -0.1) is 0 Å². The summed E-state index contributed by atoms with van der Waals surface area (Å²) in [7, 11) is 1.30. The van der Waals surface area contributed by atoms with Gasteiger partial charge in [0.1, 0.15) is 30.7 Å². The SMILES string of the molecule is CO[C@H]1O[C@H](CO)[C@@H](O)[C@H](O)[C@H]1OC(=O)c1cncc(OCc2ccccc2)c1. The number of aromatic nitrogens is 1. The van der Waals surface area contributed by atoms with Crippen molar-refractivity contribution < 1.29 is 39.1 Å². The van der Waals surface area contributed by atoms with Gasteiger partial charge in [-0.2, -0.15) is 0 Å². The van der Waals surface area contributed by atoms with Gasteiger partial charge in [0.05, 0.1) is 18.4 Å². The van der Waals surface area contributed by atoms with Crippen molar-refractivity contribution >= 4 is 5.97 Å². The van der Waals surface area contributed by atoms with Gasteiger partial charge in [0.25, 0.3) is 0 Å². The molecule has 1 saturated heterocycles. The van der Waals surface area contributed by atoms with Crippen LogP contribution in [-0.4, -0.2) is 70.7 Å². The summed E-state index contributed by atoms with van der Waals surface area (Å²) in [6, 6.07) is 11.0. The lowest BCUT2D eigenvalue weighted by Crippen LogP contribution is -2.60. The van der Waals surface area contributed by atoms with E-state index in [9.17, 15) is 20.1 Å². The van der Waals surface area contributed by atoms with Gasteiger partial charge >= 0.3 is 5.97 Å². The summed E-state index contributed by atoms with van der Waals surface area (Å²) in [4.78, 5) is 16.5. The van der Waals surface area contributed by atoms with E-state index in [1.165, 1.54) is 25.6 Å². The van der Waals surface area contributed by atoms with Gasteiger partial charge in [-0.05, 0) is 11.6 Å². The Morgan fingerprint density at radius 3 is 2.62 bits per heavy atom. The lowest BCUT2D eigenvalue weighted by atomic mass is 9.99. The maximum Gasteiger partial charge on any atom is 0.340 e. The van der Waals surface area contributed by atoms with Crippen LogP contribution in [-0.2, 0) is 20.8 Å². The summed E-state index contributed by atoms with van der Waals surface area (Å²) in [5.74, 6) is -0.431. The lowest BCUT2D eigenvalue weighted by molar-refractivity contribution is -0.293. The van der Waals surface area contributed by atoms with Crippen molar-refractivity contribution in [1.82, 2.24) is 4.98 Å². The van der Waals surface area contributed by atoms with Crippen LogP contribution in [0.25, 0.3) is 0 Å². The Hall–Kier alpha value is -2.56. The van der Waals surface area contributed by atoms with Crippen LogP contribution >= 0.6 is 0 Å². The first-order chi connectivity index (χ1) is 14.0. The summed E-state index contributed by atoms with van der Waals surface area (Å²) in [6.45, 7) is -0.222. The first-order valence-corrected chi connectivity index (χ1v) is 9.01. The molecule has 0 amide bonds. The molecule has 9 heteroatoms. The molecule has 5 atom stereocenters. The first kappa shape index (κ1) is 21.2. The van der Waals surface area contributed by atoms with Crippen LogP contribution in [0.2, 0.25) is 0 Å². The number of esters is 1. The van der Waals surface area contributed by atoms with E-state index in [4.69, 9.17) is 18.9 Å². The summed E-state index contributed by atoms with van der Waals surface area (Å²) in [5.41, 5.74) is 1.05. The van der Waals surface area contributed by atoms with E-state index in [0.717, 1.165) is 5.56 Å². The van der Waals surface area contributed by atoms with E-state index < -0.39 is 43.3 Å². The van der Waals surface area contributed by atoms with E-state index in [1.54, 1.807) is 0 Å². The molecule has 1 aromatic heterocycles. The summed E-state index contributed by atoms with van der Waals surface area (Å²) in [5, 5.41) is 29.5. The molecular weight excluding hydrogens is 382 g/mol. The second-order valence-electron chi connectivity index (χ2n) is 6.50. The van der Waals surface area contributed by atoms with Gasteiger partial charge in [-0.25, -0.2) is 4.79 Å². The Morgan fingerprint density at radius 2 is 1.93 bits per heavy atom. The van der Waals surface area contributed by atoms with E-state index in [-0.39, 0.29) is 5.56 Å². The fourth-order valence-corrected chi connectivity index (χ4v) is 2.91. The molecule has 1 aromatic carbocycles. The second kappa shape index (κ2) is 9.77. The van der Waals surface area contributed by atoms with Gasteiger partial charge in [0.2, 0.25) is 0 Å². The highest BCUT2D eigenvalue weighted by Gasteiger charge is 2.46. The number of methoxy groups -OCH3 is 1. The third kappa shape index (κ3) is 5.08. The Kier molecular flexibility index (Phi) is 7.13. The number of nitrogens with zero attached hydrogens (tertiary/aromatic N) is 1. The fourth-order valence-electron chi connectivity index (χ4n) is 2.91. The molecule has 3 rings (SSSR count). The number of rotatable bonds is 7. The number of hydrogen-bond donors (Lipinski definition) is 3. The summed E-state index contributed by atoms with van der Waals surface area (Å²) < 4.78 is 21.4. The minimum atomic E-state index is -1.50. The van der Waals surface area contributed by atoms with Crippen LogP contribution in [0.3, 0.4) is 0 Å². The molecule has 156 valence electrons. The third-order valence-electron chi connectivity index (χ3n) is 4.50. The fraction of sp³-hybridized carbons (Fsp3) is 0.400. The average Bonchev–Trinajstić information content (AvgIpc) is 2.76. The standard InChI is InChI=1S/C20H23NO8/c1-26-20-18(17(24)16(23)15(10-22)28-20)29-19(25)13-7-14(9-21-8-13)27-11-12-5-3-2-4-6-12/h2-9,15-18,20,22-24H,10-11H2,1H3/t15-,16-,17+,18-,20+/m1/s1. The monoisotopic (exact) mass is 405 g/mol. The smallest absolute Gasteiger partial charge is 0.340 e. The molecule has 2 heterocycles. The number of aliphatic hydroxyl groups is 3. The van der Waals surface area contributed by atoms with Gasteiger partial charge < -0.3 is 34.3 Å². The molecule has 0 spiro atoms. The molecule has 1 aliphatic rings. The van der Waals surface area contributed by atoms with Gasteiger partial charge in [-0.3, -0.25) is 4.98 Å². The first-order valence-electron chi connectivity index (χ1n) is 9.01. The van der Waals surface area contributed by atoms with E-state index in [1.807, 2.05) is 30.3 Å². The molecule has 1 fully saturated rings. The number of pyridine rings is 1. The molecule has 1 aliphatic heterocycles. The largest absolute Gasteiger partial charge is 0.487 e. The van der Waals surface area contributed by atoms with E-state index >= 15 is 0 Å². The Morgan fingerprint density at radius 1 is 1.17 bits per heavy atom. The number of hydrogen-bond acceptors (Lipinski definition) is 9. The number of carbonyl (C=O) groups excluding carboxylic acids is 1. The topological polar surface area (TPSA) is 128 Å². The molecule has 0 unspecified atom stereocenters. The molecule has 0 radical (unpaired) electrons. The van der Waals surface area contributed by atoms with Crippen LogP contribution in [0.5, 0.6) is 5.75 Å². The molecule has 9 nitrogen and oxygen atoms in total. The van der Waals surface area contributed by atoms with Gasteiger partial charge in [0, 0.05) is 13.3 Å². The minimum absolute atomic E-state index is 0.0939. The second-order valence-corrected chi connectivity index (χ2v) is 6.50. The maximum absolute atomic E-state index is 12.5. The summed E-state index contributed by atoms with van der Waals surface area (Å²) in [6.07, 6.45) is -3.68. The van der Waals surface area contributed by atoms with Crippen molar-refractivity contribution in [2.75, 3.05) is 13.7 Å². The molecule has 29 heavy (non-hydrogen) atoms. The quantitative estimate of drug-likeness (QED) is 0.556. The van der Waals surface area contributed by atoms with Crippen molar-refractivity contribution in [2.24, 2.45) is 0 Å². The Balaban J connectivity index is 1.67. The predicted molar refractivity (Wildman–Crippen MR) is 99.0 cm³/mol. The van der Waals surface area contributed by atoms with Gasteiger partial charge in [-0.1, -0.05) is 30.3 Å². The molecular formula is C20H23NO8. The highest BCUT2D eigenvalue weighted by Crippen LogP contribution is 2.25. The highest BCUT2D eigenvalue weighted by molar-refractivity contribution is 5.89. The molecule has 2 aromatic rings. The maximum atomic E-state index is 12.5. The minimum Gasteiger partial charge on any atom is -0.487 e. The molecule has 0 saturated carbocycles. The number of aliphatic hydroxyl groups excluding tert-OH is 3. The zero-order valence-corrected chi connectivity index (χ0v) is 15.7. The van der Waals surface area contributed by atoms with Crippen LogP contribution in [0.1, 0.15) is 15.9 Å². The van der Waals surface area contributed by atoms with Crippen LogP contribution in [0.4, 0.5) is 0 Å². The number of ether oxygens (including phenoxy) is 4. The van der Waals surface area contributed by atoms with E-state index in [2.05, 4.69) is 4.98 Å². The van der Waals surface area contributed by atoms with Crippen molar-refractivity contribution in [3.63, 3.8) is 0 Å². The predicted octanol–water partition coefficient (Wildman–Crippen LogP) is 0.271. The van der Waals surface area contributed by atoms with Crippen LogP contribution < -0.4 is 4.74 Å². The zero-order valence-electron chi connectivity index (χ0n) is 15.7. The number of carbonyl (C=O) groups is 1. The van der Waals surface area contributed by atoms with Crippen LogP contribution in [0.15, 0.2) is 48.8 Å². The Labute approximate surface area is 167 Å². The molecule has 0 aliphatic carbocycles. The normalized spacial score (nSPS) is 26.7. The Bertz CT molecular complexity index is 800. The van der Waals surface area contributed by atoms with Crippen molar-refractivity contribution in [3.05, 3.63) is 59.9 Å². The number of benzene rings is 1. The van der Waals surface area contributed by atoms with E-state index in [0.29, 0.717) is 12.4 Å². The average molecular weight is 405 g/mol. The third-order valence-corrected chi connectivity index (χ3v) is 4.50. The molecule has 0 bridgehead atoms. The van der Waals surface area contributed by atoms with Crippen LogP contribution in [0, 0.1) is 0 Å². The van der Waals surface area contributed by atoms with Crippen molar-refractivity contribution in [1.29, 1.82) is 0 Å². The van der Waals surface area contributed by atoms with Crippen molar-refractivity contribution in [2.45, 2.75) is 37.3 Å². The van der Waals surface area contributed by atoms with Crippen molar-refractivity contribution in [3.8, 4) is 5.75 Å². The molecule has 3 N–H and O–H groups in total. The van der Waals surface area contributed by atoms with Gasteiger partial charge in [0.15, 0.2) is 12.4 Å². The lowest BCUT2D eigenvalue weighted by Gasteiger charge is -2.40. The zero-order chi connectivity index (χ0) is 20.8. The highest BCUT2D eigenvalue weighted by atomic mass is 16.7.